The Bertz CT molecular complexity index is 1270. The Balaban J connectivity index is 1.48. The van der Waals surface area contributed by atoms with Crippen molar-refractivity contribution in [3.05, 3.63) is 98.9 Å². The van der Waals surface area contributed by atoms with Crippen LogP contribution in [0.5, 0.6) is 5.75 Å². The third-order valence-electron chi connectivity index (χ3n) is 5.02. The number of aromatic carboxylic acids is 1. The summed E-state index contributed by atoms with van der Waals surface area (Å²) in [6.07, 6.45) is 1.82. The van der Waals surface area contributed by atoms with Gasteiger partial charge < -0.3 is 9.84 Å². The van der Waals surface area contributed by atoms with Gasteiger partial charge in [-0.1, -0.05) is 46.3 Å². The molecule has 0 aliphatic carbocycles. The highest BCUT2D eigenvalue weighted by molar-refractivity contribution is 9.10. The minimum atomic E-state index is -1.02. The number of halogens is 1. The molecule has 1 aliphatic heterocycles. The van der Waals surface area contributed by atoms with Gasteiger partial charge in [0.05, 0.1) is 16.2 Å². The molecule has 1 N–H and O–H groups in total. The lowest BCUT2D eigenvalue weighted by atomic mass is 10.2. The number of amides is 1. The molecular formula is C26H21BrN2O4S. The van der Waals surface area contributed by atoms with Gasteiger partial charge in [0.1, 0.15) is 12.4 Å². The van der Waals surface area contributed by atoms with Gasteiger partial charge in [0, 0.05) is 11.0 Å². The molecule has 34 heavy (non-hydrogen) atoms. The summed E-state index contributed by atoms with van der Waals surface area (Å²) in [6.45, 7) is 2.81. The van der Waals surface area contributed by atoms with Crippen LogP contribution in [0.15, 0.2) is 87.2 Å². The maximum Gasteiger partial charge on any atom is 0.335 e. The van der Waals surface area contributed by atoms with Crippen LogP contribution in [0.25, 0.3) is 6.08 Å². The van der Waals surface area contributed by atoms with Gasteiger partial charge in [0.15, 0.2) is 5.17 Å². The third kappa shape index (κ3) is 5.76. The van der Waals surface area contributed by atoms with Crippen molar-refractivity contribution in [3.8, 4) is 5.75 Å². The summed E-state index contributed by atoms with van der Waals surface area (Å²) >= 11 is 4.70. The molecule has 0 saturated carbocycles. The standard InChI is InChI=1S/C26H21BrN2O4S/c1-2-29-24(30)23(34-26(29)28-21-5-3-4-19(15-21)25(31)32)14-17-8-12-22(13-9-17)33-16-18-6-10-20(27)11-7-18/h3-15H,2,16H2,1H3,(H,31,32)/b23-14+,28-26?. The molecule has 0 bridgehead atoms. The van der Waals surface area contributed by atoms with E-state index in [1.54, 1.807) is 17.0 Å². The zero-order valence-electron chi connectivity index (χ0n) is 18.3. The molecule has 0 atom stereocenters. The number of nitrogens with zero attached hydrogens (tertiary/aromatic N) is 2. The SMILES string of the molecule is CCN1C(=O)/C(=C\c2ccc(OCc3ccc(Br)cc3)cc2)SC1=Nc1cccc(C(=O)O)c1. The van der Waals surface area contributed by atoms with Crippen LogP contribution in [0.3, 0.4) is 0 Å². The van der Waals surface area contributed by atoms with Crippen molar-refractivity contribution < 1.29 is 19.4 Å². The number of hydrogen-bond acceptors (Lipinski definition) is 5. The maximum absolute atomic E-state index is 12.9. The van der Waals surface area contributed by atoms with E-state index in [2.05, 4.69) is 20.9 Å². The minimum absolute atomic E-state index is 0.129. The Hall–Kier alpha value is -3.36. The number of ether oxygens (including phenoxy) is 1. The first kappa shape index (κ1) is 23.8. The minimum Gasteiger partial charge on any atom is -0.489 e. The van der Waals surface area contributed by atoms with Crippen molar-refractivity contribution in [2.75, 3.05) is 6.54 Å². The first-order valence-corrected chi connectivity index (χ1v) is 12.1. The number of likely N-dealkylation sites (N-methyl/N-ethyl adjacent to an activating group) is 1. The Morgan fingerprint density at radius 2 is 1.85 bits per heavy atom. The highest BCUT2D eigenvalue weighted by Crippen LogP contribution is 2.34. The highest BCUT2D eigenvalue weighted by Gasteiger charge is 2.32. The average Bonchev–Trinajstić information content (AvgIpc) is 3.13. The molecule has 1 aliphatic rings. The van der Waals surface area contributed by atoms with Crippen LogP contribution in [0.1, 0.15) is 28.4 Å². The Morgan fingerprint density at radius 3 is 2.53 bits per heavy atom. The molecule has 1 saturated heterocycles. The monoisotopic (exact) mass is 536 g/mol. The molecule has 1 fully saturated rings. The number of thioether (sulfide) groups is 1. The largest absolute Gasteiger partial charge is 0.489 e. The Labute approximate surface area is 210 Å². The first-order valence-electron chi connectivity index (χ1n) is 10.5. The number of rotatable bonds is 7. The van der Waals surface area contributed by atoms with Crippen molar-refractivity contribution in [2.24, 2.45) is 4.99 Å². The van der Waals surface area contributed by atoms with Gasteiger partial charge in [0.25, 0.3) is 5.91 Å². The summed E-state index contributed by atoms with van der Waals surface area (Å²) in [5.41, 5.74) is 2.58. The van der Waals surface area contributed by atoms with E-state index in [4.69, 9.17) is 4.74 Å². The van der Waals surface area contributed by atoms with Gasteiger partial charge in [0.2, 0.25) is 0 Å². The second-order valence-corrected chi connectivity index (χ2v) is 9.32. The van der Waals surface area contributed by atoms with Gasteiger partial charge in [-0.05, 0) is 78.4 Å². The van der Waals surface area contributed by atoms with Crippen LogP contribution in [0, 0.1) is 0 Å². The molecule has 4 rings (SSSR count). The number of carbonyl (C=O) groups excluding carboxylic acids is 1. The van der Waals surface area contributed by atoms with Gasteiger partial charge in [-0.3, -0.25) is 9.69 Å². The summed E-state index contributed by atoms with van der Waals surface area (Å²) in [5, 5.41) is 9.72. The second-order valence-electron chi connectivity index (χ2n) is 7.39. The van der Waals surface area contributed by atoms with Crippen LogP contribution >= 0.6 is 27.7 Å². The van der Waals surface area contributed by atoms with Crippen LogP contribution < -0.4 is 4.74 Å². The lowest BCUT2D eigenvalue weighted by Crippen LogP contribution is -2.28. The van der Waals surface area contributed by atoms with E-state index in [0.29, 0.717) is 28.9 Å². The fourth-order valence-electron chi connectivity index (χ4n) is 3.25. The van der Waals surface area contributed by atoms with E-state index in [0.717, 1.165) is 21.3 Å². The molecule has 3 aromatic rings. The molecule has 1 heterocycles. The molecule has 0 unspecified atom stereocenters. The smallest absolute Gasteiger partial charge is 0.335 e. The predicted molar refractivity (Wildman–Crippen MR) is 138 cm³/mol. The molecule has 3 aromatic carbocycles. The highest BCUT2D eigenvalue weighted by atomic mass is 79.9. The molecule has 8 heteroatoms. The van der Waals surface area contributed by atoms with Crippen LogP contribution in [-0.2, 0) is 11.4 Å². The molecule has 172 valence electrons. The molecule has 0 aromatic heterocycles. The molecule has 0 radical (unpaired) electrons. The first-order chi connectivity index (χ1) is 16.4. The average molecular weight is 537 g/mol. The van der Waals surface area contributed by atoms with Crippen LogP contribution in [0.4, 0.5) is 5.69 Å². The normalized spacial score (nSPS) is 15.8. The van der Waals surface area contributed by atoms with Crippen molar-refractivity contribution in [2.45, 2.75) is 13.5 Å². The number of hydrogen-bond donors (Lipinski definition) is 1. The van der Waals surface area contributed by atoms with Gasteiger partial charge in [-0.2, -0.15) is 0 Å². The Morgan fingerprint density at radius 1 is 1.12 bits per heavy atom. The van der Waals surface area contributed by atoms with E-state index < -0.39 is 5.97 Å². The lowest BCUT2D eigenvalue weighted by Gasteiger charge is -2.12. The predicted octanol–water partition coefficient (Wildman–Crippen LogP) is 6.35. The van der Waals surface area contributed by atoms with E-state index in [9.17, 15) is 14.7 Å². The molecule has 1 amide bonds. The van der Waals surface area contributed by atoms with Crippen LogP contribution in [-0.4, -0.2) is 33.6 Å². The number of carboxylic acid groups (broad SMARTS) is 1. The summed E-state index contributed by atoms with van der Waals surface area (Å²) in [5.74, 6) is -0.406. The lowest BCUT2D eigenvalue weighted by molar-refractivity contribution is -0.122. The topological polar surface area (TPSA) is 79.2 Å². The number of aliphatic imine (C=N–C) groups is 1. The van der Waals surface area contributed by atoms with E-state index in [1.807, 2.05) is 61.5 Å². The van der Waals surface area contributed by atoms with E-state index in [1.165, 1.54) is 23.9 Å². The van der Waals surface area contributed by atoms with Crippen molar-refractivity contribution in [3.63, 3.8) is 0 Å². The quantitative estimate of drug-likeness (QED) is 0.356. The van der Waals surface area contributed by atoms with Crippen molar-refractivity contribution in [1.82, 2.24) is 4.90 Å². The van der Waals surface area contributed by atoms with Gasteiger partial charge >= 0.3 is 5.97 Å². The molecule has 0 spiro atoms. The van der Waals surface area contributed by atoms with Crippen molar-refractivity contribution in [1.29, 1.82) is 0 Å². The third-order valence-corrected chi connectivity index (χ3v) is 6.55. The van der Waals surface area contributed by atoms with Gasteiger partial charge in [-0.25, -0.2) is 9.79 Å². The van der Waals surface area contributed by atoms with E-state index >= 15 is 0 Å². The zero-order valence-corrected chi connectivity index (χ0v) is 20.7. The summed E-state index contributed by atoms with van der Waals surface area (Å²) < 4.78 is 6.87. The maximum atomic E-state index is 12.9. The molecular weight excluding hydrogens is 516 g/mol. The fourth-order valence-corrected chi connectivity index (χ4v) is 4.57. The number of benzene rings is 3. The second kappa shape index (κ2) is 10.7. The van der Waals surface area contributed by atoms with Crippen LogP contribution in [0.2, 0.25) is 0 Å². The number of carbonyl (C=O) groups is 2. The summed E-state index contributed by atoms with van der Waals surface area (Å²) in [7, 11) is 0. The van der Waals surface area contributed by atoms with Crippen molar-refractivity contribution >= 4 is 56.5 Å². The van der Waals surface area contributed by atoms with E-state index in [-0.39, 0.29) is 11.5 Å². The molecule has 6 nitrogen and oxygen atoms in total. The summed E-state index contributed by atoms with van der Waals surface area (Å²) in [4.78, 5) is 30.8. The zero-order chi connectivity index (χ0) is 24.1. The number of amidine groups is 1. The fraction of sp³-hybridized carbons (Fsp3) is 0.115. The summed E-state index contributed by atoms with van der Waals surface area (Å²) in [6, 6.07) is 21.9. The van der Waals surface area contributed by atoms with Gasteiger partial charge in [-0.15, -0.1) is 0 Å². The number of carboxylic acids is 1. The Kier molecular flexibility index (Phi) is 7.49.